The lowest BCUT2D eigenvalue weighted by atomic mass is 10.1. The molecule has 0 aromatic heterocycles. The van der Waals surface area contributed by atoms with Gasteiger partial charge in [0.1, 0.15) is 0 Å². The quantitative estimate of drug-likeness (QED) is 0.723. The fourth-order valence-corrected chi connectivity index (χ4v) is 2.90. The van der Waals surface area contributed by atoms with Gasteiger partial charge in [-0.1, -0.05) is 23.2 Å². The van der Waals surface area contributed by atoms with E-state index in [0.29, 0.717) is 11.1 Å². The van der Waals surface area contributed by atoms with Gasteiger partial charge in [-0.05, 0) is 56.5 Å². The zero-order valence-corrected chi connectivity index (χ0v) is 13.9. The number of rotatable bonds is 8. The first-order chi connectivity index (χ1) is 10.2. The van der Waals surface area contributed by atoms with Crippen molar-refractivity contribution < 1.29 is 9.47 Å². The van der Waals surface area contributed by atoms with Gasteiger partial charge in [0.25, 0.3) is 0 Å². The van der Waals surface area contributed by atoms with Crippen LogP contribution in [0.15, 0.2) is 18.2 Å². The Morgan fingerprint density at radius 2 is 2.29 bits per heavy atom. The molecule has 21 heavy (non-hydrogen) atoms. The Morgan fingerprint density at radius 1 is 1.43 bits per heavy atom. The van der Waals surface area contributed by atoms with E-state index in [1.54, 1.807) is 6.07 Å². The molecule has 1 aromatic carbocycles. The van der Waals surface area contributed by atoms with Crippen molar-refractivity contribution in [3.05, 3.63) is 33.8 Å². The third-order valence-corrected chi connectivity index (χ3v) is 4.25. The highest BCUT2D eigenvalue weighted by Crippen LogP contribution is 2.26. The largest absolute Gasteiger partial charge is 0.379 e. The third kappa shape index (κ3) is 5.76. The number of halogens is 2. The zero-order chi connectivity index (χ0) is 15.1. The highest BCUT2D eigenvalue weighted by Gasteiger charge is 2.15. The number of benzene rings is 1. The van der Waals surface area contributed by atoms with Crippen molar-refractivity contribution in [2.24, 2.45) is 0 Å². The molecule has 0 spiro atoms. The Balaban J connectivity index is 1.60. The van der Waals surface area contributed by atoms with E-state index in [2.05, 4.69) is 12.2 Å². The summed E-state index contributed by atoms with van der Waals surface area (Å²) in [6, 6.07) is 5.73. The van der Waals surface area contributed by atoms with Gasteiger partial charge >= 0.3 is 0 Å². The van der Waals surface area contributed by atoms with Crippen molar-refractivity contribution in [1.82, 2.24) is 5.32 Å². The Morgan fingerprint density at radius 3 is 3.05 bits per heavy atom. The highest BCUT2D eigenvalue weighted by molar-refractivity contribution is 6.33. The summed E-state index contributed by atoms with van der Waals surface area (Å²) in [5, 5.41) is 4.90. The summed E-state index contributed by atoms with van der Waals surface area (Å²) in [6.45, 7) is 5.33. The maximum absolute atomic E-state index is 6.19. The number of hydrogen-bond acceptors (Lipinski definition) is 3. The van der Waals surface area contributed by atoms with Crippen molar-refractivity contribution in [3.63, 3.8) is 0 Å². The molecule has 3 nitrogen and oxygen atoms in total. The number of ether oxygens (including phenoxy) is 2. The second-order valence-electron chi connectivity index (χ2n) is 5.41. The van der Waals surface area contributed by atoms with E-state index in [0.717, 1.165) is 56.2 Å². The minimum atomic E-state index is 0.175. The maximum atomic E-state index is 6.19. The molecule has 0 bridgehead atoms. The molecule has 0 saturated carbocycles. The van der Waals surface area contributed by atoms with Crippen LogP contribution >= 0.6 is 23.2 Å². The van der Waals surface area contributed by atoms with Crippen LogP contribution in [0, 0.1) is 0 Å². The van der Waals surface area contributed by atoms with E-state index in [-0.39, 0.29) is 6.04 Å². The highest BCUT2D eigenvalue weighted by atomic mass is 35.5. The van der Waals surface area contributed by atoms with Gasteiger partial charge in [-0.2, -0.15) is 0 Å². The molecular formula is C16H23Cl2NO2. The van der Waals surface area contributed by atoms with Gasteiger partial charge in [0.2, 0.25) is 0 Å². The topological polar surface area (TPSA) is 30.5 Å². The molecule has 1 heterocycles. The minimum absolute atomic E-state index is 0.175. The lowest BCUT2D eigenvalue weighted by Crippen LogP contribution is -2.22. The van der Waals surface area contributed by atoms with E-state index in [1.165, 1.54) is 0 Å². The first kappa shape index (κ1) is 17.0. The number of hydrogen-bond donors (Lipinski definition) is 1. The average Bonchev–Trinajstić information content (AvgIpc) is 2.98. The summed E-state index contributed by atoms with van der Waals surface area (Å²) in [5.41, 5.74) is 1.03. The third-order valence-electron chi connectivity index (χ3n) is 3.67. The molecule has 1 saturated heterocycles. The molecule has 2 unspecified atom stereocenters. The molecule has 5 heteroatoms. The lowest BCUT2D eigenvalue weighted by molar-refractivity contribution is 0.0165. The van der Waals surface area contributed by atoms with Crippen LogP contribution in [0.2, 0.25) is 10.0 Å². The van der Waals surface area contributed by atoms with Crippen molar-refractivity contribution in [1.29, 1.82) is 0 Å². The van der Waals surface area contributed by atoms with Crippen LogP contribution in [-0.2, 0) is 9.47 Å². The molecule has 1 aliphatic rings. The average molecular weight is 332 g/mol. The molecule has 1 fully saturated rings. The standard InChI is InChI=1S/C16H23Cl2NO2/c1-12(15-10-13(17)5-6-16(15)18)19-7-3-8-20-11-14-4-2-9-21-14/h5-6,10,12,14,19H,2-4,7-9,11H2,1H3. The van der Waals surface area contributed by atoms with Gasteiger partial charge in [-0.15, -0.1) is 0 Å². The summed E-state index contributed by atoms with van der Waals surface area (Å²) >= 11 is 12.2. The molecule has 1 aromatic rings. The van der Waals surface area contributed by atoms with Crippen molar-refractivity contribution >= 4 is 23.2 Å². The second kappa shape index (κ2) is 8.96. The Kier molecular flexibility index (Phi) is 7.27. The number of nitrogens with one attached hydrogen (secondary N) is 1. The molecule has 0 radical (unpaired) electrons. The second-order valence-corrected chi connectivity index (χ2v) is 6.25. The van der Waals surface area contributed by atoms with E-state index in [9.17, 15) is 0 Å². The minimum Gasteiger partial charge on any atom is -0.379 e. The van der Waals surface area contributed by atoms with E-state index >= 15 is 0 Å². The van der Waals surface area contributed by atoms with Crippen LogP contribution < -0.4 is 5.32 Å². The zero-order valence-electron chi connectivity index (χ0n) is 12.4. The van der Waals surface area contributed by atoms with Gasteiger partial charge in [0, 0.05) is 29.3 Å². The molecular weight excluding hydrogens is 309 g/mol. The van der Waals surface area contributed by atoms with E-state index in [1.807, 2.05) is 12.1 Å². The summed E-state index contributed by atoms with van der Waals surface area (Å²) in [4.78, 5) is 0. The normalized spacial score (nSPS) is 19.9. The molecule has 1 aliphatic heterocycles. The summed E-state index contributed by atoms with van der Waals surface area (Å²) in [5.74, 6) is 0. The van der Waals surface area contributed by atoms with E-state index in [4.69, 9.17) is 32.7 Å². The lowest BCUT2D eigenvalue weighted by Gasteiger charge is -2.16. The Labute approximate surface area is 136 Å². The first-order valence-electron chi connectivity index (χ1n) is 7.54. The van der Waals surface area contributed by atoms with Crippen molar-refractivity contribution in [2.45, 2.75) is 38.3 Å². The Bertz CT molecular complexity index is 436. The van der Waals surface area contributed by atoms with Crippen LogP contribution in [0.3, 0.4) is 0 Å². The summed E-state index contributed by atoms with van der Waals surface area (Å²) < 4.78 is 11.1. The fraction of sp³-hybridized carbons (Fsp3) is 0.625. The summed E-state index contributed by atoms with van der Waals surface area (Å²) in [6.07, 6.45) is 3.56. The smallest absolute Gasteiger partial charge is 0.0809 e. The summed E-state index contributed by atoms with van der Waals surface area (Å²) in [7, 11) is 0. The fourth-order valence-electron chi connectivity index (χ4n) is 2.44. The van der Waals surface area contributed by atoms with Gasteiger partial charge in [0.05, 0.1) is 12.7 Å². The van der Waals surface area contributed by atoms with Crippen LogP contribution in [0.4, 0.5) is 0 Å². The van der Waals surface area contributed by atoms with Gasteiger partial charge in [-0.25, -0.2) is 0 Å². The predicted molar refractivity (Wildman–Crippen MR) is 87.3 cm³/mol. The van der Waals surface area contributed by atoms with Gasteiger partial charge in [-0.3, -0.25) is 0 Å². The van der Waals surface area contributed by atoms with Crippen molar-refractivity contribution in [3.8, 4) is 0 Å². The Hall–Kier alpha value is -0.320. The van der Waals surface area contributed by atoms with E-state index < -0.39 is 0 Å². The van der Waals surface area contributed by atoms with Crippen molar-refractivity contribution in [2.75, 3.05) is 26.4 Å². The monoisotopic (exact) mass is 331 g/mol. The molecule has 118 valence electrons. The maximum Gasteiger partial charge on any atom is 0.0809 e. The molecule has 0 amide bonds. The SMILES string of the molecule is CC(NCCCOCC1CCCO1)c1cc(Cl)ccc1Cl. The molecule has 2 atom stereocenters. The molecule has 1 N–H and O–H groups in total. The predicted octanol–water partition coefficient (Wildman–Crippen LogP) is 4.23. The molecule has 2 rings (SSSR count). The van der Waals surface area contributed by atoms with Gasteiger partial charge < -0.3 is 14.8 Å². The van der Waals surface area contributed by atoms with Crippen LogP contribution in [0.25, 0.3) is 0 Å². The first-order valence-corrected chi connectivity index (χ1v) is 8.30. The molecule has 0 aliphatic carbocycles. The van der Waals surface area contributed by atoms with Crippen LogP contribution in [0.1, 0.15) is 37.8 Å². The van der Waals surface area contributed by atoms with Crippen LogP contribution in [0.5, 0.6) is 0 Å². The van der Waals surface area contributed by atoms with Gasteiger partial charge in [0.15, 0.2) is 0 Å². The van der Waals surface area contributed by atoms with Crippen LogP contribution in [-0.4, -0.2) is 32.5 Å².